The van der Waals surface area contributed by atoms with Crippen molar-refractivity contribution in [1.29, 1.82) is 0 Å². The Hall–Kier alpha value is -2.26. The van der Waals surface area contributed by atoms with Crippen LogP contribution in [-0.2, 0) is 20.9 Å². The van der Waals surface area contributed by atoms with Crippen LogP contribution in [-0.4, -0.2) is 84.1 Å². The van der Waals surface area contributed by atoms with Gasteiger partial charge in [0.25, 0.3) is 0 Å². The van der Waals surface area contributed by atoms with Gasteiger partial charge < -0.3 is 29.7 Å². The molecule has 1 aliphatic heterocycles. The van der Waals surface area contributed by atoms with Crippen molar-refractivity contribution in [3.8, 4) is 0 Å². The first kappa shape index (κ1) is 30.0. The van der Waals surface area contributed by atoms with Gasteiger partial charge in [0.2, 0.25) is 0 Å². The zero-order chi connectivity index (χ0) is 26.0. The lowest BCUT2D eigenvalue weighted by atomic mass is 10.0. The molecule has 0 spiro atoms. The molecule has 0 saturated carbocycles. The third-order valence-corrected chi connectivity index (χ3v) is 6.16. The molecule has 2 N–H and O–H groups in total. The van der Waals surface area contributed by atoms with E-state index in [-0.39, 0.29) is 6.04 Å². The zero-order valence-corrected chi connectivity index (χ0v) is 22.5. The van der Waals surface area contributed by atoms with Crippen molar-refractivity contribution in [1.82, 2.24) is 10.2 Å². The molecule has 0 aromatic heterocycles. The molecule has 1 aromatic carbocycles. The summed E-state index contributed by atoms with van der Waals surface area (Å²) in [6, 6.07) is 5.67. The molecule has 0 bridgehead atoms. The molecule has 1 heterocycles. The molecule has 0 aliphatic carbocycles. The summed E-state index contributed by atoms with van der Waals surface area (Å²) >= 11 is 0. The predicted octanol–water partition coefficient (Wildman–Crippen LogP) is 4.49. The van der Waals surface area contributed by atoms with E-state index >= 15 is 0 Å². The van der Waals surface area contributed by atoms with Gasteiger partial charge in [0.1, 0.15) is 6.67 Å². The van der Waals surface area contributed by atoms with Crippen LogP contribution in [0.1, 0.15) is 37.3 Å². The highest BCUT2D eigenvalue weighted by Gasteiger charge is 2.14. The van der Waals surface area contributed by atoms with E-state index < -0.39 is 6.67 Å². The topological polar surface area (TPSA) is 67.4 Å². The summed E-state index contributed by atoms with van der Waals surface area (Å²) in [6.07, 6.45) is 8.97. The molecule has 1 atom stereocenters. The molecule has 0 amide bonds. The third kappa shape index (κ3) is 11.2. The zero-order valence-electron chi connectivity index (χ0n) is 22.5. The first-order chi connectivity index (χ1) is 17.6. The minimum Gasteiger partial charge on any atom is -0.381 e. The van der Waals surface area contributed by atoms with Crippen LogP contribution in [0.3, 0.4) is 0 Å². The number of rotatable bonds is 16. The van der Waals surface area contributed by atoms with Crippen LogP contribution in [0, 0.1) is 6.92 Å². The quantitative estimate of drug-likeness (QED) is 0.150. The Morgan fingerprint density at radius 1 is 1.22 bits per heavy atom. The second-order valence-electron chi connectivity index (χ2n) is 8.98. The smallest absolute Gasteiger partial charge is 0.115 e. The normalized spacial score (nSPS) is 16.8. The van der Waals surface area contributed by atoms with Crippen LogP contribution >= 0.6 is 0 Å². The molecule has 36 heavy (non-hydrogen) atoms. The molecule has 1 unspecified atom stereocenters. The van der Waals surface area contributed by atoms with E-state index in [0.29, 0.717) is 18.8 Å². The van der Waals surface area contributed by atoms with Crippen LogP contribution in [0.15, 0.2) is 46.6 Å². The van der Waals surface area contributed by atoms with Crippen molar-refractivity contribution in [3.63, 3.8) is 0 Å². The number of halogens is 1. The number of benzene rings is 1. The number of nitrogens with zero attached hydrogens (tertiary/aromatic N) is 2. The SMILES string of the molecule is CN\C=N/C(=C/COC)C(=C\COCCCCN1CCCOCC1)/C(C)Nc1ccc(CF)c(C)c1. The maximum atomic E-state index is 13.1. The Labute approximate surface area is 216 Å². The molecule has 1 fully saturated rings. The Bertz CT molecular complexity index is 836. The lowest BCUT2D eigenvalue weighted by Gasteiger charge is -2.21. The van der Waals surface area contributed by atoms with E-state index in [4.69, 9.17) is 14.2 Å². The first-order valence-electron chi connectivity index (χ1n) is 13.0. The van der Waals surface area contributed by atoms with E-state index in [2.05, 4.69) is 33.5 Å². The van der Waals surface area contributed by atoms with Crippen LogP contribution < -0.4 is 10.6 Å². The molecule has 7 nitrogen and oxygen atoms in total. The Morgan fingerprint density at radius 2 is 2.08 bits per heavy atom. The van der Waals surface area contributed by atoms with Crippen LogP contribution in [0.2, 0.25) is 0 Å². The number of aliphatic imine (C=N–C) groups is 1. The van der Waals surface area contributed by atoms with Gasteiger partial charge in [-0.25, -0.2) is 9.38 Å². The maximum Gasteiger partial charge on any atom is 0.115 e. The lowest BCUT2D eigenvalue weighted by molar-refractivity contribution is 0.137. The number of hydrogen-bond donors (Lipinski definition) is 2. The molecule has 1 aromatic rings. The number of ether oxygens (including phenoxy) is 3. The van der Waals surface area contributed by atoms with Gasteiger partial charge in [-0.05, 0) is 74.6 Å². The van der Waals surface area contributed by atoms with E-state index in [0.717, 1.165) is 81.2 Å². The fourth-order valence-corrected chi connectivity index (χ4v) is 4.10. The largest absolute Gasteiger partial charge is 0.381 e. The number of alkyl halides is 1. The van der Waals surface area contributed by atoms with Gasteiger partial charge in [0.15, 0.2) is 0 Å². The van der Waals surface area contributed by atoms with Crippen molar-refractivity contribution in [2.45, 2.75) is 45.8 Å². The summed E-state index contributed by atoms with van der Waals surface area (Å²) in [5.74, 6) is 0. The molecule has 0 radical (unpaired) electrons. The van der Waals surface area contributed by atoms with Gasteiger partial charge in [-0.1, -0.05) is 12.1 Å². The Kier molecular flexibility index (Phi) is 15.0. The van der Waals surface area contributed by atoms with Gasteiger partial charge in [0.05, 0.1) is 37.9 Å². The number of methoxy groups -OCH3 is 1. The average Bonchev–Trinajstić information content (AvgIpc) is 3.15. The minimum atomic E-state index is -0.459. The summed E-state index contributed by atoms with van der Waals surface area (Å²) in [4.78, 5) is 7.07. The highest BCUT2D eigenvalue weighted by atomic mass is 19.1. The summed E-state index contributed by atoms with van der Waals surface area (Å²) in [7, 11) is 3.48. The van der Waals surface area contributed by atoms with E-state index in [1.165, 1.54) is 0 Å². The Morgan fingerprint density at radius 3 is 2.83 bits per heavy atom. The maximum absolute atomic E-state index is 13.1. The monoisotopic (exact) mass is 504 g/mol. The molecule has 202 valence electrons. The number of unbranched alkanes of at least 4 members (excludes halogenated alkanes) is 1. The second-order valence-corrected chi connectivity index (χ2v) is 8.98. The summed E-state index contributed by atoms with van der Waals surface area (Å²) in [6.45, 7) is 10.2. The van der Waals surface area contributed by atoms with Crippen LogP contribution in [0.4, 0.5) is 10.1 Å². The third-order valence-electron chi connectivity index (χ3n) is 6.16. The molecular weight excluding hydrogens is 459 g/mol. The predicted molar refractivity (Wildman–Crippen MR) is 147 cm³/mol. The standard InChI is InChI=1S/C28H45FN4O3/c1-23-20-26(9-8-25(23)21-29)32-24(2)27(28(11-17-34-4)31-22-30-3)10-18-35-15-6-5-12-33-13-7-16-36-19-14-33/h8-11,20,22,24,32H,5-7,12-19,21H2,1-4H3,(H,30,31)/b27-10-,28-11+. The molecule has 8 heteroatoms. The average molecular weight is 505 g/mol. The van der Waals surface area contributed by atoms with Gasteiger partial charge in [-0.3, -0.25) is 0 Å². The van der Waals surface area contributed by atoms with E-state index in [1.54, 1.807) is 13.4 Å². The van der Waals surface area contributed by atoms with E-state index in [1.807, 2.05) is 38.2 Å². The summed E-state index contributed by atoms with van der Waals surface area (Å²) in [5, 5.41) is 6.49. The van der Waals surface area contributed by atoms with Crippen LogP contribution in [0.25, 0.3) is 0 Å². The highest BCUT2D eigenvalue weighted by molar-refractivity contribution is 5.59. The molecule has 2 rings (SSSR count). The number of anilines is 1. The molecular formula is C28H45FN4O3. The second kappa shape index (κ2) is 18.1. The number of hydrogen-bond acceptors (Lipinski definition) is 6. The van der Waals surface area contributed by atoms with Crippen LogP contribution in [0.5, 0.6) is 0 Å². The van der Waals surface area contributed by atoms with Gasteiger partial charge in [-0.15, -0.1) is 0 Å². The highest BCUT2D eigenvalue weighted by Crippen LogP contribution is 2.22. The minimum absolute atomic E-state index is 0.0494. The van der Waals surface area contributed by atoms with Gasteiger partial charge in [0, 0.05) is 46.1 Å². The summed E-state index contributed by atoms with van der Waals surface area (Å²) in [5.41, 5.74) is 4.40. The van der Waals surface area contributed by atoms with Crippen molar-refractivity contribution >= 4 is 12.0 Å². The Balaban J connectivity index is 1.99. The van der Waals surface area contributed by atoms with Crippen molar-refractivity contribution < 1.29 is 18.6 Å². The van der Waals surface area contributed by atoms with Crippen molar-refractivity contribution in [2.24, 2.45) is 4.99 Å². The van der Waals surface area contributed by atoms with Gasteiger partial charge >= 0.3 is 0 Å². The van der Waals surface area contributed by atoms with Crippen molar-refractivity contribution in [3.05, 3.63) is 52.7 Å². The number of nitrogens with one attached hydrogen (secondary N) is 2. The first-order valence-corrected chi connectivity index (χ1v) is 13.0. The number of aryl methyl sites for hydroxylation is 1. The molecule has 1 saturated heterocycles. The van der Waals surface area contributed by atoms with Gasteiger partial charge in [-0.2, -0.15) is 0 Å². The lowest BCUT2D eigenvalue weighted by Crippen LogP contribution is -2.27. The van der Waals surface area contributed by atoms with E-state index in [9.17, 15) is 4.39 Å². The fourth-order valence-electron chi connectivity index (χ4n) is 4.10. The molecule has 1 aliphatic rings. The fraction of sp³-hybridized carbons (Fsp3) is 0.607. The summed E-state index contributed by atoms with van der Waals surface area (Å²) < 4.78 is 29.9. The van der Waals surface area contributed by atoms with Crippen molar-refractivity contribution in [2.75, 3.05) is 72.1 Å².